The lowest BCUT2D eigenvalue weighted by molar-refractivity contribution is -0.151. The number of hydrogen-bond donors (Lipinski definition) is 1. The van der Waals surface area contributed by atoms with Gasteiger partial charge in [0.15, 0.2) is 0 Å². The molecular formula is C12H22F2N2O2. The van der Waals surface area contributed by atoms with E-state index in [1.807, 2.05) is 0 Å². The summed E-state index contributed by atoms with van der Waals surface area (Å²) in [5.41, 5.74) is -0.728. The number of rotatable bonds is 5. The van der Waals surface area contributed by atoms with Gasteiger partial charge in [-0.25, -0.2) is 8.78 Å². The molecule has 1 rings (SSSR count). The molecule has 1 aliphatic rings. The molecule has 0 heterocycles. The fourth-order valence-electron chi connectivity index (χ4n) is 2.70. The van der Waals surface area contributed by atoms with Crippen LogP contribution in [0.25, 0.3) is 0 Å². The van der Waals surface area contributed by atoms with Crippen LogP contribution in [-0.4, -0.2) is 56.6 Å². The molecule has 0 radical (unpaired) electrons. The number of ether oxygens (including phenoxy) is 1. The van der Waals surface area contributed by atoms with Gasteiger partial charge >= 0.3 is 5.97 Å². The zero-order valence-corrected chi connectivity index (χ0v) is 11.2. The molecule has 0 saturated heterocycles. The Bertz CT molecular complexity index is 289. The Morgan fingerprint density at radius 2 is 2.28 bits per heavy atom. The third kappa shape index (κ3) is 3.38. The summed E-state index contributed by atoms with van der Waals surface area (Å²) in [7, 11) is 4.75. The van der Waals surface area contributed by atoms with Gasteiger partial charge in [-0.3, -0.25) is 9.69 Å². The summed E-state index contributed by atoms with van der Waals surface area (Å²) in [4.78, 5) is 13.5. The van der Waals surface area contributed by atoms with Crippen LogP contribution in [0.2, 0.25) is 0 Å². The third-order valence-corrected chi connectivity index (χ3v) is 3.83. The van der Waals surface area contributed by atoms with Crippen molar-refractivity contribution in [2.75, 3.05) is 27.7 Å². The zero-order valence-electron chi connectivity index (χ0n) is 11.2. The molecule has 18 heavy (non-hydrogen) atoms. The van der Waals surface area contributed by atoms with Crippen molar-refractivity contribution in [2.24, 2.45) is 0 Å². The number of halogens is 2. The first-order chi connectivity index (χ1) is 8.45. The molecule has 2 atom stereocenters. The molecule has 0 aliphatic heterocycles. The van der Waals surface area contributed by atoms with Gasteiger partial charge in [0.2, 0.25) is 0 Å². The average molecular weight is 264 g/mol. The van der Waals surface area contributed by atoms with E-state index in [0.717, 1.165) is 12.8 Å². The van der Waals surface area contributed by atoms with Crippen LogP contribution in [0.4, 0.5) is 8.78 Å². The average Bonchev–Trinajstić information content (AvgIpc) is 2.36. The normalized spacial score (nSPS) is 28.7. The Kier molecular flexibility index (Phi) is 5.47. The molecule has 1 saturated carbocycles. The molecule has 6 heteroatoms. The van der Waals surface area contributed by atoms with E-state index in [1.54, 1.807) is 19.0 Å². The van der Waals surface area contributed by atoms with Crippen molar-refractivity contribution >= 4 is 5.97 Å². The third-order valence-electron chi connectivity index (χ3n) is 3.83. The first-order valence-corrected chi connectivity index (χ1v) is 6.21. The molecule has 0 aromatic carbocycles. The molecule has 1 fully saturated rings. The van der Waals surface area contributed by atoms with Crippen LogP contribution in [-0.2, 0) is 9.53 Å². The quantitative estimate of drug-likeness (QED) is 0.759. The topological polar surface area (TPSA) is 41.6 Å². The molecule has 0 amide bonds. The molecule has 1 aliphatic carbocycles. The minimum Gasteiger partial charge on any atom is -0.468 e. The highest BCUT2D eigenvalue weighted by Gasteiger charge is 2.43. The molecule has 0 bridgehead atoms. The van der Waals surface area contributed by atoms with E-state index in [2.05, 4.69) is 5.32 Å². The number of likely N-dealkylation sites (N-methyl/N-ethyl adjacent to an activating group) is 1. The van der Waals surface area contributed by atoms with Crippen LogP contribution in [0.5, 0.6) is 0 Å². The summed E-state index contributed by atoms with van der Waals surface area (Å²) in [6, 6.07) is -0.0145. The van der Waals surface area contributed by atoms with Crippen LogP contribution in [0.15, 0.2) is 0 Å². The highest BCUT2D eigenvalue weighted by Crippen LogP contribution is 2.31. The fraction of sp³-hybridized carbons (Fsp3) is 0.917. The van der Waals surface area contributed by atoms with Gasteiger partial charge in [0.25, 0.3) is 6.43 Å². The molecule has 2 unspecified atom stereocenters. The van der Waals surface area contributed by atoms with Crippen molar-refractivity contribution in [1.82, 2.24) is 10.2 Å². The van der Waals surface area contributed by atoms with E-state index in [1.165, 1.54) is 7.11 Å². The maximum atomic E-state index is 12.4. The van der Waals surface area contributed by atoms with Gasteiger partial charge in [-0.05, 0) is 39.8 Å². The fourth-order valence-corrected chi connectivity index (χ4v) is 2.70. The monoisotopic (exact) mass is 264 g/mol. The first kappa shape index (κ1) is 15.3. The number of nitrogens with one attached hydrogen (secondary N) is 1. The van der Waals surface area contributed by atoms with Crippen molar-refractivity contribution in [2.45, 2.75) is 43.7 Å². The van der Waals surface area contributed by atoms with Gasteiger partial charge in [0.1, 0.15) is 5.54 Å². The smallest absolute Gasteiger partial charge is 0.326 e. The summed E-state index contributed by atoms with van der Waals surface area (Å²) in [5, 5.41) is 3.02. The van der Waals surface area contributed by atoms with E-state index in [-0.39, 0.29) is 18.6 Å². The van der Waals surface area contributed by atoms with E-state index in [4.69, 9.17) is 4.74 Å². The number of esters is 1. The maximum absolute atomic E-state index is 12.4. The second-order valence-electron chi connectivity index (χ2n) is 4.90. The van der Waals surface area contributed by atoms with E-state index in [9.17, 15) is 13.6 Å². The maximum Gasteiger partial charge on any atom is 0.326 e. The van der Waals surface area contributed by atoms with E-state index < -0.39 is 12.0 Å². The van der Waals surface area contributed by atoms with Crippen molar-refractivity contribution < 1.29 is 18.3 Å². The Hall–Kier alpha value is -0.750. The Balaban J connectivity index is 2.72. The van der Waals surface area contributed by atoms with Crippen LogP contribution in [0.3, 0.4) is 0 Å². The largest absolute Gasteiger partial charge is 0.468 e. The lowest BCUT2D eigenvalue weighted by atomic mass is 9.78. The molecule has 106 valence electrons. The molecular weight excluding hydrogens is 242 g/mol. The number of methoxy groups -OCH3 is 1. The second-order valence-corrected chi connectivity index (χ2v) is 4.90. The molecule has 0 spiro atoms. The van der Waals surface area contributed by atoms with Crippen LogP contribution in [0, 0.1) is 0 Å². The number of nitrogens with zero attached hydrogens (tertiary/aromatic N) is 1. The van der Waals surface area contributed by atoms with E-state index in [0.29, 0.717) is 12.8 Å². The molecule has 1 N–H and O–H groups in total. The van der Waals surface area contributed by atoms with Crippen LogP contribution >= 0.6 is 0 Å². The van der Waals surface area contributed by atoms with Gasteiger partial charge in [0.05, 0.1) is 13.7 Å². The summed E-state index contributed by atoms with van der Waals surface area (Å²) >= 11 is 0. The molecule has 0 aromatic rings. The standard InChI is InChI=1S/C12H22F2N2O2/c1-15-12(11(17)18-3)6-4-5-9(7-12)16(2)8-10(13)14/h9-10,15H,4-8H2,1-3H3. The van der Waals surface area contributed by atoms with Gasteiger partial charge in [-0.15, -0.1) is 0 Å². The summed E-state index contributed by atoms with van der Waals surface area (Å²) in [6.07, 6.45) is 0.519. The number of carbonyl (C=O) groups is 1. The van der Waals surface area contributed by atoms with Crippen molar-refractivity contribution in [1.29, 1.82) is 0 Å². The predicted octanol–water partition coefficient (Wildman–Crippen LogP) is 1.26. The van der Waals surface area contributed by atoms with Gasteiger partial charge in [-0.1, -0.05) is 0 Å². The minimum absolute atomic E-state index is 0.0145. The summed E-state index contributed by atoms with van der Waals surface area (Å²) in [6.45, 7) is -0.258. The second kappa shape index (κ2) is 6.43. The van der Waals surface area contributed by atoms with Gasteiger partial charge in [0, 0.05) is 6.04 Å². The van der Waals surface area contributed by atoms with E-state index >= 15 is 0 Å². The van der Waals surface area contributed by atoms with Crippen molar-refractivity contribution in [3.05, 3.63) is 0 Å². The Morgan fingerprint density at radius 1 is 1.61 bits per heavy atom. The summed E-state index contributed by atoms with van der Waals surface area (Å²) in [5.74, 6) is -0.305. The lowest BCUT2D eigenvalue weighted by Gasteiger charge is -2.41. The van der Waals surface area contributed by atoms with Gasteiger partial charge < -0.3 is 10.1 Å². The Morgan fingerprint density at radius 3 is 2.78 bits per heavy atom. The highest BCUT2D eigenvalue weighted by molar-refractivity contribution is 5.81. The predicted molar refractivity (Wildman–Crippen MR) is 64.7 cm³/mol. The van der Waals surface area contributed by atoms with Crippen LogP contribution in [0.1, 0.15) is 25.7 Å². The molecule has 4 nitrogen and oxygen atoms in total. The van der Waals surface area contributed by atoms with Crippen molar-refractivity contribution in [3.63, 3.8) is 0 Å². The SMILES string of the molecule is CNC1(C(=O)OC)CCCC(N(C)CC(F)F)C1. The molecule has 0 aromatic heterocycles. The van der Waals surface area contributed by atoms with Crippen LogP contribution < -0.4 is 5.32 Å². The minimum atomic E-state index is -2.35. The number of carbonyl (C=O) groups excluding carboxylic acids is 1. The zero-order chi connectivity index (χ0) is 13.8. The first-order valence-electron chi connectivity index (χ1n) is 6.21. The number of alkyl halides is 2. The van der Waals surface area contributed by atoms with Crippen molar-refractivity contribution in [3.8, 4) is 0 Å². The number of hydrogen-bond acceptors (Lipinski definition) is 4. The lowest BCUT2D eigenvalue weighted by Crippen LogP contribution is -2.57. The Labute approximate surface area is 107 Å². The van der Waals surface area contributed by atoms with Gasteiger partial charge in [-0.2, -0.15) is 0 Å². The summed E-state index contributed by atoms with van der Waals surface area (Å²) < 4.78 is 29.6. The highest BCUT2D eigenvalue weighted by atomic mass is 19.3.